The molecule has 2 N–H and O–H groups in total. The molecule has 0 bridgehead atoms. The first kappa shape index (κ1) is 16.6. The molecule has 0 aliphatic rings. The minimum absolute atomic E-state index is 0.0972. The van der Waals surface area contributed by atoms with Crippen LogP contribution in [0.4, 0.5) is 0 Å². The van der Waals surface area contributed by atoms with Crippen LogP contribution in [0.1, 0.15) is 10.6 Å². The molecule has 2 aromatic carbocycles. The number of hydrogen-bond acceptors (Lipinski definition) is 5. The van der Waals surface area contributed by atoms with Crippen molar-refractivity contribution >= 4 is 21.4 Å². The van der Waals surface area contributed by atoms with E-state index in [-0.39, 0.29) is 4.90 Å². The van der Waals surface area contributed by atoms with E-state index in [1.165, 1.54) is 12.1 Å². The largest absolute Gasteiger partial charge is 0.497 e. The molecule has 0 radical (unpaired) electrons. The number of rotatable bonds is 5. The lowest BCUT2D eigenvalue weighted by Crippen LogP contribution is -2.11. The molecule has 5 nitrogen and oxygen atoms in total. The summed E-state index contributed by atoms with van der Waals surface area (Å²) in [6, 6.07) is 14.3. The fourth-order valence-corrected chi connectivity index (χ4v) is 3.61. The van der Waals surface area contributed by atoms with Crippen LogP contribution in [0.5, 0.6) is 5.75 Å². The molecule has 0 aliphatic carbocycles. The number of nitrogens with zero attached hydrogens (tertiary/aromatic N) is 1. The average molecular weight is 360 g/mol. The number of methoxy groups -OCH3 is 1. The third kappa shape index (κ3) is 3.81. The molecule has 1 heterocycles. The summed E-state index contributed by atoms with van der Waals surface area (Å²) in [4.78, 5) is 4.71. The predicted molar refractivity (Wildman–Crippen MR) is 94.7 cm³/mol. The van der Waals surface area contributed by atoms with Crippen molar-refractivity contribution in [2.24, 2.45) is 5.14 Å². The van der Waals surface area contributed by atoms with Crippen molar-refractivity contribution in [3.8, 4) is 17.0 Å². The molecule has 0 spiro atoms. The first-order valence-electron chi connectivity index (χ1n) is 7.16. The number of ether oxygens (including phenoxy) is 1. The second-order valence-corrected chi connectivity index (χ2v) is 7.72. The molecular weight excluding hydrogens is 344 g/mol. The van der Waals surface area contributed by atoms with Crippen LogP contribution in [0.15, 0.2) is 58.8 Å². The lowest BCUT2D eigenvalue weighted by atomic mass is 10.1. The van der Waals surface area contributed by atoms with Gasteiger partial charge >= 0.3 is 0 Å². The number of sulfonamides is 1. The van der Waals surface area contributed by atoms with Crippen molar-refractivity contribution < 1.29 is 13.2 Å². The molecule has 0 fully saturated rings. The summed E-state index contributed by atoms with van der Waals surface area (Å²) in [6.07, 6.45) is 0.740. The van der Waals surface area contributed by atoms with Crippen LogP contribution >= 0.6 is 11.3 Å². The van der Waals surface area contributed by atoms with Crippen molar-refractivity contribution in [2.75, 3.05) is 7.11 Å². The maximum atomic E-state index is 11.3. The minimum Gasteiger partial charge on any atom is -0.497 e. The second kappa shape index (κ2) is 6.72. The van der Waals surface area contributed by atoms with Gasteiger partial charge in [0.2, 0.25) is 10.0 Å². The monoisotopic (exact) mass is 360 g/mol. The Morgan fingerprint density at radius 2 is 1.75 bits per heavy atom. The molecule has 0 saturated carbocycles. The number of thiazole rings is 1. The van der Waals surface area contributed by atoms with E-state index in [1.807, 2.05) is 29.6 Å². The smallest absolute Gasteiger partial charge is 0.238 e. The first-order chi connectivity index (χ1) is 11.5. The zero-order valence-corrected chi connectivity index (χ0v) is 14.6. The molecule has 0 unspecified atom stereocenters. The van der Waals surface area contributed by atoms with Gasteiger partial charge in [-0.15, -0.1) is 11.3 Å². The quantitative estimate of drug-likeness (QED) is 0.758. The molecule has 0 saturated heterocycles. The van der Waals surface area contributed by atoms with E-state index < -0.39 is 10.0 Å². The van der Waals surface area contributed by atoms with E-state index in [4.69, 9.17) is 9.88 Å². The lowest BCUT2D eigenvalue weighted by Gasteiger charge is -2.02. The molecule has 0 amide bonds. The lowest BCUT2D eigenvalue weighted by molar-refractivity contribution is 0.414. The van der Waals surface area contributed by atoms with E-state index in [0.717, 1.165) is 34.0 Å². The van der Waals surface area contributed by atoms with Gasteiger partial charge in [-0.25, -0.2) is 18.5 Å². The van der Waals surface area contributed by atoms with Crippen LogP contribution in [0, 0.1) is 0 Å². The maximum absolute atomic E-state index is 11.3. The van der Waals surface area contributed by atoms with Gasteiger partial charge in [-0.1, -0.05) is 24.3 Å². The summed E-state index contributed by atoms with van der Waals surface area (Å²) in [5, 5.41) is 8.06. The molecule has 0 aliphatic heterocycles. The predicted octanol–water partition coefficient (Wildman–Crippen LogP) is 3.06. The summed E-state index contributed by atoms with van der Waals surface area (Å²) in [5.41, 5.74) is 2.84. The number of nitrogens with two attached hydrogens (primary N) is 1. The molecule has 124 valence electrons. The van der Waals surface area contributed by atoms with Gasteiger partial charge in [-0.05, 0) is 29.8 Å². The van der Waals surface area contributed by atoms with Crippen LogP contribution in [-0.4, -0.2) is 20.5 Å². The van der Waals surface area contributed by atoms with Gasteiger partial charge in [0, 0.05) is 17.4 Å². The fraction of sp³-hybridized carbons (Fsp3) is 0.118. The fourth-order valence-electron chi connectivity index (χ4n) is 2.26. The van der Waals surface area contributed by atoms with Crippen molar-refractivity contribution in [1.29, 1.82) is 0 Å². The summed E-state index contributed by atoms with van der Waals surface area (Å²) in [7, 11) is -2.03. The highest BCUT2D eigenvalue weighted by Gasteiger charge is 2.09. The number of aromatic nitrogens is 1. The van der Waals surface area contributed by atoms with E-state index >= 15 is 0 Å². The van der Waals surface area contributed by atoms with E-state index in [1.54, 1.807) is 30.6 Å². The molecule has 3 aromatic rings. The van der Waals surface area contributed by atoms with Gasteiger partial charge in [-0.2, -0.15) is 0 Å². The van der Waals surface area contributed by atoms with Crippen LogP contribution < -0.4 is 9.88 Å². The highest BCUT2D eigenvalue weighted by molar-refractivity contribution is 7.89. The van der Waals surface area contributed by atoms with Crippen LogP contribution in [0.2, 0.25) is 0 Å². The molecule has 7 heteroatoms. The standard InChI is InChI=1S/C17H16N2O3S2/c1-22-14-6-2-12(3-7-14)10-17-19-16(11-23-17)13-4-8-15(9-5-13)24(18,20)21/h2-9,11H,10H2,1H3,(H2,18,20,21). The summed E-state index contributed by atoms with van der Waals surface area (Å²) in [6.45, 7) is 0. The van der Waals surface area contributed by atoms with Gasteiger partial charge in [0.25, 0.3) is 0 Å². The van der Waals surface area contributed by atoms with Crippen molar-refractivity contribution in [3.05, 3.63) is 64.5 Å². The van der Waals surface area contributed by atoms with Gasteiger partial charge in [0.15, 0.2) is 0 Å². The summed E-state index contributed by atoms with van der Waals surface area (Å²) >= 11 is 1.57. The molecular formula is C17H16N2O3S2. The Morgan fingerprint density at radius 1 is 1.08 bits per heavy atom. The zero-order valence-electron chi connectivity index (χ0n) is 13.0. The molecule has 0 atom stereocenters. The zero-order chi connectivity index (χ0) is 17.2. The Balaban J connectivity index is 1.77. The van der Waals surface area contributed by atoms with Crippen LogP contribution in [0.3, 0.4) is 0 Å². The van der Waals surface area contributed by atoms with Gasteiger partial charge in [0.05, 0.1) is 22.7 Å². The number of benzene rings is 2. The van der Waals surface area contributed by atoms with Gasteiger partial charge < -0.3 is 4.74 Å². The number of hydrogen-bond donors (Lipinski definition) is 1. The highest BCUT2D eigenvalue weighted by Crippen LogP contribution is 2.25. The van der Waals surface area contributed by atoms with Crippen molar-refractivity contribution in [2.45, 2.75) is 11.3 Å². The topological polar surface area (TPSA) is 82.3 Å². The maximum Gasteiger partial charge on any atom is 0.238 e. The Hall–Kier alpha value is -2.22. The SMILES string of the molecule is COc1ccc(Cc2nc(-c3ccc(S(N)(=O)=O)cc3)cs2)cc1. The van der Waals surface area contributed by atoms with E-state index in [0.29, 0.717) is 0 Å². The normalized spacial score (nSPS) is 11.4. The Bertz CT molecular complexity index is 931. The average Bonchev–Trinajstić information content (AvgIpc) is 3.03. The van der Waals surface area contributed by atoms with Crippen LogP contribution in [0.25, 0.3) is 11.3 Å². The summed E-state index contributed by atoms with van der Waals surface area (Å²) in [5.74, 6) is 0.827. The molecule has 1 aromatic heterocycles. The highest BCUT2D eigenvalue weighted by atomic mass is 32.2. The van der Waals surface area contributed by atoms with E-state index in [2.05, 4.69) is 4.98 Å². The van der Waals surface area contributed by atoms with Crippen molar-refractivity contribution in [1.82, 2.24) is 4.98 Å². The Morgan fingerprint density at radius 3 is 2.33 bits per heavy atom. The van der Waals surface area contributed by atoms with E-state index in [9.17, 15) is 8.42 Å². The second-order valence-electron chi connectivity index (χ2n) is 5.22. The Labute approximate surface area is 144 Å². The third-order valence-corrected chi connectivity index (χ3v) is 5.32. The summed E-state index contributed by atoms with van der Waals surface area (Å²) < 4.78 is 27.7. The third-order valence-electron chi connectivity index (χ3n) is 3.54. The molecule has 3 rings (SSSR count). The van der Waals surface area contributed by atoms with Gasteiger partial charge in [-0.3, -0.25) is 0 Å². The number of primary sulfonamides is 1. The Kier molecular flexibility index (Phi) is 4.66. The minimum atomic E-state index is -3.67. The first-order valence-corrected chi connectivity index (χ1v) is 9.59. The van der Waals surface area contributed by atoms with Crippen molar-refractivity contribution in [3.63, 3.8) is 0 Å². The van der Waals surface area contributed by atoms with Crippen LogP contribution in [-0.2, 0) is 16.4 Å². The van der Waals surface area contributed by atoms with Gasteiger partial charge in [0.1, 0.15) is 5.75 Å². The molecule has 24 heavy (non-hydrogen) atoms.